The molecule has 1 atom stereocenters. The normalized spacial score (nSPS) is 15.7. The minimum absolute atomic E-state index is 0.0283. The van der Waals surface area contributed by atoms with Crippen molar-refractivity contribution in [1.82, 2.24) is 20.3 Å². The molecule has 1 fully saturated rings. The van der Waals surface area contributed by atoms with E-state index >= 15 is 0 Å². The van der Waals surface area contributed by atoms with Crippen molar-refractivity contribution in [1.29, 1.82) is 0 Å². The number of halogens is 1. The number of aliphatic hydroxyl groups excluding tert-OH is 1. The average Bonchev–Trinajstić information content (AvgIpc) is 3.63. The van der Waals surface area contributed by atoms with Crippen molar-refractivity contribution in [2.24, 2.45) is 0 Å². The van der Waals surface area contributed by atoms with Crippen LogP contribution in [0.2, 0.25) is 0 Å². The monoisotopic (exact) mass is 480 g/mol. The number of carbonyl (C=O) groups excluding carboxylic acids is 1. The summed E-state index contributed by atoms with van der Waals surface area (Å²) in [7, 11) is 1.55. The molecular weight excluding hydrogens is 455 g/mol. The molecule has 4 aromatic rings. The van der Waals surface area contributed by atoms with Gasteiger partial charge in [0.2, 0.25) is 0 Å². The first-order valence-electron chi connectivity index (χ1n) is 11.4. The summed E-state index contributed by atoms with van der Waals surface area (Å²) < 4.78 is 30.4. The largest absolute Gasteiger partial charge is 0.488 e. The van der Waals surface area contributed by atoms with E-state index < -0.39 is 5.82 Å². The number of benzene rings is 2. The third-order valence-electron chi connectivity index (χ3n) is 6.18. The lowest BCUT2D eigenvalue weighted by Crippen LogP contribution is -2.37. The molecule has 0 bridgehead atoms. The number of carbonyl (C=O) groups is 1. The van der Waals surface area contributed by atoms with Crippen LogP contribution in [0.5, 0.6) is 5.75 Å². The Bertz CT molecular complexity index is 1330. The number of nitrogens with one attached hydrogen (secondary N) is 1. The molecule has 9 nitrogen and oxygen atoms in total. The van der Waals surface area contributed by atoms with Crippen LogP contribution < -0.4 is 4.74 Å². The lowest BCUT2D eigenvalue weighted by Gasteiger charge is -2.23. The Morgan fingerprint density at radius 3 is 2.86 bits per heavy atom. The zero-order valence-electron chi connectivity index (χ0n) is 19.2. The smallest absolute Gasteiger partial charge is 0.254 e. The van der Waals surface area contributed by atoms with E-state index in [0.717, 1.165) is 18.4 Å². The molecule has 10 heteroatoms. The number of hydrogen-bond acceptors (Lipinski definition) is 7. The fourth-order valence-corrected chi connectivity index (χ4v) is 4.32. The molecule has 2 aromatic carbocycles. The van der Waals surface area contributed by atoms with Gasteiger partial charge in [0.1, 0.15) is 18.0 Å². The van der Waals surface area contributed by atoms with Crippen molar-refractivity contribution < 1.29 is 28.3 Å². The van der Waals surface area contributed by atoms with Gasteiger partial charge in [-0.2, -0.15) is 5.10 Å². The number of methoxy groups -OCH3 is 1. The van der Waals surface area contributed by atoms with Gasteiger partial charge in [-0.25, -0.2) is 4.39 Å². The molecule has 1 aliphatic heterocycles. The van der Waals surface area contributed by atoms with E-state index in [1.54, 1.807) is 48.4 Å². The molecule has 3 heterocycles. The maximum Gasteiger partial charge on any atom is 0.254 e. The lowest BCUT2D eigenvalue weighted by atomic mass is 10.1. The van der Waals surface area contributed by atoms with Gasteiger partial charge in [-0.05, 0) is 31.0 Å². The number of fused-ring (bicyclic) bond motifs is 1. The summed E-state index contributed by atoms with van der Waals surface area (Å²) in [4.78, 5) is 14.5. The first-order valence-corrected chi connectivity index (χ1v) is 11.4. The van der Waals surface area contributed by atoms with Crippen LogP contribution in [0.1, 0.15) is 23.2 Å². The van der Waals surface area contributed by atoms with Gasteiger partial charge < -0.3 is 24.0 Å². The van der Waals surface area contributed by atoms with Crippen LogP contribution in [0.15, 0.2) is 47.0 Å². The Labute approximate surface area is 200 Å². The predicted molar refractivity (Wildman–Crippen MR) is 126 cm³/mol. The first-order chi connectivity index (χ1) is 17.1. The Morgan fingerprint density at radius 1 is 1.26 bits per heavy atom. The van der Waals surface area contributed by atoms with Crippen LogP contribution in [0.25, 0.3) is 33.6 Å². The quantitative estimate of drug-likeness (QED) is 0.370. The third-order valence-corrected chi connectivity index (χ3v) is 6.18. The number of aliphatic hydroxyl groups is 1. The van der Waals surface area contributed by atoms with Gasteiger partial charge in [0, 0.05) is 42.3 Å². The van der Waals surface area contributed by atoms with Gasteiger partial charge in [0.05, 0.1) is 24.8 Å². The molecule has 0 aliphatic carbocycles. The number of aromatic nitrogens is 3. The molecule has 1 saturated heterocycles. The summed E-state index contributed by atoms with van der Waals surface area (Å²) in [6.45, 7) is 1.20. The van der Waals surface area contributed by atoms with Crippen molar-refractivity contribution in [2.75, 3.05) is 33.5 Å². The van der Waals surface area contributed by atoms with Crippen LogP contribution in [-0.2, 0) is 4.74 Å². The van der Waals surface area contributed by atoms with Crippen molar-refractivity contribution in [3.05, 3.63) is 53.8 Å². The zero-order valence-corrected chi connectivity index (χ0v) is 19.2. The van der Waals surface area contributed by atoms with Gasteiger partial charge in [0.15, 0.2) is 17.3 Å². The second-order valence-electron chi connectivity index (χ2n) is 8.37. The van der Waals surface area contributed by atoms with Crippen molar-refractivity contribution >= 4 is 16.8 Å². The van der Waals surface area contributed by atoms with E-state index in [1.807, 2.05) is 0 Å². The van der Waals surface area contributed by atoms with Gasteiger partial charge in [0.25, 0.3) is 5.91 Å². The molecule has 5 rings (SSSR count). The topological polar surface area (TPSA) is 114 Å². The summed E-state index contributed by atoms with van der Waals surface area (Å²) >= 11 is 0. The van der Waals surface area contributed by atoms with Gasteiger partial charge in [-0.1, -0.05) is 17.3 Å². The predicted octanol–water partition coefficient (Wildman–Crippen LogP) is 3.65. The highest BCUT2D eigenvalue weighted by atomic mass is 19.1. The molecule has 2 N–H and O–H groups in total. The molecule has 35 heavy (non-hydrogen) atoms. The second-order valence-corrected chi connectivity index (χ2v) is 8.37. The third kappa shape index (κ3) is 4.50. The Balaban J connectivity index is 1.35. The first kappa shape index (κ1) is 23.0. The molecule has 1 aliphatic rings. The number of hydrogen-bond donors (Lipinski definition) is 2. The number of rotatable bonds is 8. The molecule has 0 saturated carbocycles. The summed E-state index contributed by atoms with van der Waals surface area (Å²) in [6, 6.07) is 11.6. The maximum atomic E-state index is 14.6. The number of ether oxygens (including phenoxy) is 2. The Hall–Kier alpha value is -3.76. The van der Waals surface area contributed by atoms with Crippen LogP contribution in [0.3, 0.4) is 0 Å². The van der Waals surface area contributed by atoms with Crippen molar-refractivity contribution in [3.8, 4) is 28.5 Å². The van der Waals surface area contributed by atoms with Crippen LogP contribution in [-0.4, -0.2) is 70.8 Å². The standard InChI is InChI=1S/C25H25FN4O5/c1-33-9-10-34-22-13-21-18(11-19(22)26)24(28-27-21)23-12-20(29-35-23)15-4-6-16(7-5-15)25(32)30-8-2-3-17(30)14-31/h4-7,11-13,17,31H,2-3,8-10,14H2,1H3,(H,27,28)/t17-/m0/s1. The highest BCUT2D eigenvalue weighted by Gasteiger charge is 2.28. The van der Waals surface area contributed by atoms with Gasteiger partial charge in [-0.15, -0.1) is 0 Å². The number of aromatic amines is 1. The average molecular weight is 480 g/mol. The van der Waals surface area contributed by atoms with E-state index in [0.29, 0.717) is 46.8 Å². The van der Waals surface area contributed by atoms with Crippen molar-refractivity contribution in [3.63, 3.8) is 0 Å². The van der Waals surface area contributed by atoms with Crippen LogP contribution in [0, 0.1) is 5.82 Å². The molecule has 0 unspecified atom stereocenters. The molecule has 182 valence electrons. The van der Waals surface area contributed by atoms with Gasteiger partial charge in [-0.3, -0.25) is 9.89 Å². The fourth-order valence-electron chi connectivity index (χ4n) is 4.32. The molecule has 1 amide bonds. The van der Waals surface area contributed by atoms with E-state index in [2.05, 4.69) is 15.4 Å². The molecule has 0 spiro atoms. The minimum Gasteiger partial charge on any atom is -0.488 e. The minimum atomic E-state index is -0.516. The summed E-state index contributed by atoms with van der Waals surface area (Å²) in [5, 5.41) is 21.3. The number of likely N-dealkylation sites (tertiary alicyclic amines) is 1. The summed E-state index contributed by atoms with van der Waals surface area (Å²) in [5.41, 5.74) is 2.89. The van der Waals surface area contributed by atoms with E-state index in [4.69, 9.17) is 14.0 Å². The number of nitrogens with zero attached hydrogens (tertiary/aromatic N) is 3. The number of amides is 1. The van der Waals surface area contributed by atoms with Crippen molar-refractivity contribution in [2.45, 2.75) is 18.9 Å². The molecular formula is C25H25FN4O5. The van der Waals surface area contributed by atoms with E-state index in [-0.39, 0.29) is 30.9 Å². The maximum absolute atomic E-state index is 14.6. The second kappa shape index (κ2) is 9.85. The number of H-pyrrole nitrogens is 1. The van der Waals surface area contributed by atoms with Crippen LogP contribution >= 0.6 is 0 Å². The highest BCUT2D eigenvalue weighted by Crippen LogP contribution is 2.33. The van der Waals surface area contributed by atoms with E-state index in [9.17, 15) is 14.3 Å². The van der Waals surface area contributed by atoms with Gasteiger partial charge >= 0.3 is 0 Å². The molecule has 2 aromatic heterocycles. The van der Waals surface area contributed by atoms with E-state index in [1.165, 1.54) is 6.07 Å². The Morgan fingerprint density at radius 2 is 2.09 bits per heavy atom. The fraction of sp³-hybridized carbons (Fsp3) is 0.320. The Kier molecular flexibility index (Phi) is 6.47. The summed E-state index contributed by atoms with van der Waals surface area (Å²) in [5.74, 6) is -0.124. The SMILES string of the molecule is COCCOc1cc2[nH]nc(-c3cc(-c4ccc(C(=O)N5CCC[C@H]5CO)cc4)no3)c2cc1F. The lowest BCUT2D eigenvalue weighted by molar-refractivity contribution is 0.0677. The zero-order chi connectivity index (χ0) is 24.4. The summed E-state index contributed by atoms with van der Waals surface area (Å²) in [6.07, 6.45) is 1.71. The van der Waals surface area contributed by atoms with Crippen LogP contribution in [0.4, 0.5) is 4.39 Å². The highest BCUT2D eigenvalue weighted by molar-refractivity contribution is 5.95. The molecule has 0 radical (unpaired) electrons.